The summed E-state index contributed by atoms with van der Waals surface area (Å²) in [5.74, 6) is 0.180. The van der Waals surface area contributed by atoms with Crippen molar-refractivity contribution in [3.05, 3.63) is 45.9 Å². The van der Waals surface area contributed by atoms with Crippen LogP contribution < -0.4 is 10.1 Å². The summed E-state index contributed by atoms with van der Waals surface area (Å²) in [6, 6.07) is 6.78. The first kappa shape index (κ1) is 14.9. The van der Waals surface area contributed by atoms with E-state index in [1.807, 2.05) is 26.1 Å². The van der Waals surface area contributed by atoms with Crippen LogP contribution in [0.2, 0.25) is 0 Å². The summed E-state index contributed by atoms with van der Waals surface area (Å²) >= 11 is 1.64. The molecule has 1 heterocycles. The van der Waals surface area contributed by atoms with Gasteiger partial charge < -0.3 is 10.1 Å². The van der Waals surface area contributed by atoms with Crippen LogP contribution in [-0.2, 0) is 6.54 Å². The molecule has 1 aromatic heterocycles. The highest BCUT2D eigenvalue weighted by atomic mass is 32.1. The van der Waals surface area contributed by atoms with Crippen LogP contribution in [0.3, 0.4) is 0 Å². The van der Waals surface area contributed by atoms with Gasteiger partial charge in [0.2, 0.25) is 0 Å². The average Bonchev–Trinajstić information content (AvgIpc) is 2.81. The Balaban J connectivity index is 1.96. The average molecular weight is 298 g/mol. The van der Waals surface area contributed by atoms with Gasteiger partial charge in [0.15, 0.2) is 0 Å². The zero-order valence-corrected chi connectivity index (χ0v) is 12.1. The number of benzene rings is 1. The van der Waals surface area contributed by atoms with Gasteiger partial charge in [-0.3, -0.25) is 0 Å². The molecule has 0 aliphatic carbocycles. The van der Waals surface area contributed by atoms with Crippen LogP contribution in [0.4, 0.5) is 8.78 Å². The number of aromatic nitrogens is 1. The molecule has 0 bridgehead atoms. The van der Waals surface area contributed by atoms with Gasteiger partial charge in [0.25, 0.3) is 0 Å². The van der Waals surface area contributed by atoms with Crippen LogP contribution in [0.1, 0.15) is 28.4 Å². The first-order valence-electron chi connectivity index (χ1n) is 6.24. The number of nitrogens with zero attached hydrogens (tertiary/aromatic N) is 1. The van der Waals surface area contributed by atoms with Crippen LogP contribution in [0.5, 0.6) is 5.75 Å². The Morgan fingerprint density at radius 1 is 1.40 bits per heavy atom. The molecule has 1 atom stereocenters. The lowest BCUT2D eigenvalue weighted by atomic mass is 10.1. The summed E-state index contributed by atoms with van der Waals surface area (Å²) in [7, 11) is 0. The number of ether oxygens (including phenoxy) is 1. The zero-order chi connectivity index (χ0) is 14.5. The molecule has 0 fully saturated rings. The monoisotopic (exact) mass is 298 g/mol. The van der Waals surface area contributed by atoms with Gasteiger partial charge in [-0.05, 0) is 31.5 Å². The van der Waals surface area contributed by atoms with E-state index in [-0.39, 0.29) is 11.8 Å². The second kappa shape index (κ2) is 6.76. The lowest BCUT2D eigenvalue weighted by molar-refractivity contribution is -0.0499. The van der Waals surface area contributed by atoms with Crippen molar-refractivity contribution in [2.24, 2.45) is 0 Å². The molecule has 0 saturated carbocycles. The van der Waals surface area contributed by atoms with E-state index in [0.29, 0.717) is 6.54 Å². The van der Waals surface area contributed by atoms with Crippen molar-refractivity contribution < 1.29 is 13.5 Å². The number of hydrogen-bond acceptors (Lipinski definition) is 4. The Morgan fingerprint density at radius 3 is 2.85 bits per heavy atom. The van der Waals surface area contributed by atoms with Crippen molar-refractivity contribution in [1.82, 2.24) is 10.3 Å². The third-order valence-electron chi connectivity index (χ3n) is 2.83. The first-order valence-corrected chi connectivity index (χ1v) is 7.05. The molecule has 108 valence electrons. The Bertz CT molecular complexity index is 560. The van der Waals surface area contributed by atoms with Crippen molar-refractivity contribution in [3.8, 4) is 5.75 Å². The van der Waals surface area contributed by atoms with E-state index in [4.69, 9.17) is 0 Å². The number of alkyl halides is 2. The summed E-state index contributed by atoms with van der Waals surface area (Å²) in [5.41, 5.74) is 0.907. The van der Waals surface area contributed by atoms with Gasteiger partial charge in [-0.25, -0.2) is 4.98 Å². The minimum Gasteiger partial charge on any atom is -0.435 e. The maximum absolute atomic E-state index is 12.2. The van der Waals surface area contributed by atoms with Gasteiger partial charge in [0, 0.05) is 23.7 Å². The summed E-state index contributed by atoms with van der Waals surface area (Å²) in [5, 5.41) is 4.37. The number of hydrogen-bond donors (Lipinski definition) is 1. The maximum atomic E-state index is 12.2. The second-order valence-electron chi connectivity index (χ2n) is 4.40. The highest BCUT2D eigenvalue weighted by Crippen LogP contribution is 2.21. The molecule has 1 N–H and O–H groups in total. The molecule has 0 amide bonds. The zero-order valence-electron chi connectivity index (χ0n) is 11.3. The van der Waals surface area contributed by atoms with E-state index in [1.54, 1.807) is 23.5 Å². The Kier molecular flexibility index (Phi) is 5.03. The molecular weight excluding hydrogens is 282 g/mol. The molecule has 2 rings (SSSR count). The third kappa shape index (κ3) is 4.25. The number of rotatable bonds is 6. The number of aryl methyl sites for hydroxylation is 1. The number of nitrogens with one attached hydrogen (secondary N) is 1. The number of halogens is 2. The Hall–Kier alpha value is -1.53. The molecule has 2 aromatic rings. The molecule has 0 aliphatic rings. The molecule has 0 spiro atoms. The van der Waals surface area contributed by atoms with Crippen LogP contribution in [0.25, 0.3) is 0 Å². The van der Waals surface area contributed by atoms with Crippen molar-refractivity contribution in [2.75, 3.05) is 0 Å². The van der Waals surface area contributed by atoms with Crippen molar-refractivity contribution in [1.29, 1.82) is 0 Å². The number of thiazole rings is 1. The van der Waals surface area contributed by atoms with E-state index in [9.17, 15) is 8.78 Å². The lowest BCUT2D eigenvalue weighted by Gasteiger charge is -2.14. The standard InChI is InChI=1S/C14H16F2N2OS/c1-9(17-7-13-8-18-10(2)20-13)11-4-3-5-12(6-11)19-14(15)16/h3-6,8-9,14,17H,7H2,1-2H3. The summed E-state index contributed by atoms with van der Waals surface area (Å²) in [6.45, 7) is 1.85. The molecule has 1 aromatic carbocycles. The largest absolute Gasteiger partial charge is 0.435 e. The van der Waals surface area contributed by atoms with Gasteiger partial charge in [0.05, 0.1) is 5.01 Å². The predicted molar refractivity (Wildman–Crippen MR) is 75.2 cm³/mol. The highest BCUT2D eigenvalue weighted by molar-refractivity contribution is 7.11. The lowest BCUT2D eigenvalue weighted by Crippen LogP contribution is -2.17. The van der Waals surface area contributed by atoms with Crippen molar-refractivity contribution in [2.45, 2.75) is 33.0 Å². The molecule has 0 aliphatic heterocycles. The molecular formula is C14H16F2N2OS. The van der Waals surface area contributed by atoms with Gasteiger partial charge in [-0.15, -0.1) is 11.3 Å². The third-order valence-corrected chi connectivity index (χ3v) is 3.75. The normalized spacial score (nSPS) is 12.7. The maximum Gasteiger partial charge on any atom is 0.387 e. The summed E-state index contributed by atoms with van der Waals surface area (Å²) in [4.78, 5) is 5.34. The Morgan fingerprint density at radius 2 is 2.20 bits per heavy atom. The van der Waals surface area contributed by atoms with E-state index < -0.39 is 6.61 Å². The van der Waals surface area contributed by atoms with Crippen molar-refractivity contribution >= 4 is 11.3 Å². The van der Waals surface area contributed by atoms with Gasteiger partial charge in [-0.2, -0.15) is 8.78 Å². The van der Waals surface area contributed by atoms with Gasteiger partial charge in [0.1, 0.15) is 5.75 Å². The minimum absolute atomic E-state index is 0.0404. The highest BCUT2D eigenvalue weighted by Gasteiger charge is 2.09. The minimum atomic E-state index is -2.80. The van der Waals surface area contributed by atoms with Gasteiger partial charge in [-0.1, -0.05) is 12.1 Å². The quantitative estimate of drug-likeness (QED) is 0.878. The van der Waals surface area contributed by atoms with Crippen LogP contribution in [0.15, 0.2) is 30.5 Å². The van der Waals surface area contributed by atoms with Crippen LogP contribution in [-0.4, -0.2) is 11.6 Å². The predicted octanol–water partition coefficient (Wildman–Crippen LogP) is 3.90. The molecule has 20 heavy (non-hydrogen) atoms. The SMILES string of the molecule is Cc1ncc(CNC(C)c2cccc(OC(F)F)c2)s1. The molecule has 0 radical (unpaired) electrons. The molecule has 0 saturated heterocycles. The summed E-state index contributed by atoms with van der Waals surface area (Å²) in [6.07, 6.45) is 1.84. The fourth-order valence-corrected chi connectivity index (χ4v) is 2.56. The van der Waals surface area contributed by atoms with E-state index >= 15 is 0 Å². The van der Waals surface area contributed by atoms with E-state index in [2.05, 4.69) is 15.0 Å². The van der Waals surface area contributed by atoms with Crippen LogP contribution >= 0.6 is 11.3 Å². The second-order valence-corrected chi connectivity index (χ2v) is 5.72. The van der Waals surface area contributed by atoms with Crippen molar-refractivity contribution in [3.63, 3.8) is 0 Å². The van der Waals surface area contributed by atoms with E-state index in [1.165, 1.54) is 6.07 Å². The fourth-order valence-electron chi connectivity index (χ4n) is 1.82. The molecule has 3 nitrogen and oxygen atoms in total. The van der Waals surface area contributed by atoms with E-state index in [0.717, 1.165) is 15.4 Å². The first-order chi connectivity index (χ1) is 9.54. The Labute approximate surface area is 120 Å². The smallest absolute Gasteiger partial charge is 0.387 e. The van der Waals surface area contributed by atoms with Gasteiger partial charge >= 0.3 is 6.61 Å². The molecule has 1 unspecified atom stereocenters. The topological polar surface area (TPSA) is 34.2 Å². The summed E-state index contributed by atoms with van der Waals surface area (Å²) < 4.78 is 28.8. The van der Waals surface area contributed by atoms with Crippen LogP contribution in [0, 0.1) is 6.92 Å². The molecule has 6 heteroatoms. The fraction of sp³-hybridized carbons (Fsp3) is 0.357.